The molecule has 0 aromatic heterocycles. The van der Waals surface area contributed by atoms with Gasteiger partial charge in [-0.25, -0.2) is 0 Å². The highest BCUT2D eigenvalue weighted by Gasteiger charge is 2.14. The maximum Gasteiger partial charge on any atom is 0.183 e. The molecule has 1 aromatic carbocycles. The molecule has 0 amide bonds. The van der Waals surface area contributed by atoms with Crippen molar-refractivity contribution in [2.45, 2.75) is 32.8 Å². The largest absolute Gasteiger partial charge is 0.388 e. The van der Waals surface area contributed by atoms with E-state index in [9.17, 15) is 5.11 Å². The van der Waals surface area contributed by atoms with E-state index in [1.54, 1.807) is 6.92 Å². The average Bonchev–Trinajstić information content (AvgIpc) is 2.25. The number of benzene rings is 1. The zero-order valence-electron chi connectivity index (χ0n) is 9.22. The van der Waals surface area contributed by atoms with Crippen LogP contribution < -0.4 is 0 Å². The van der Waals surface area contributed by atoms with E-state index in [-0.39, 0.29) is 0 Å². The third-order valence-corrected chi connectivity index (χ3v) is 1.98. The van der Waals surface area contributed by atoms with E-state index in [1.165, 1.54) is 0 Å². The second-order valence-electron chi connectivity index (χ2n) is 3.36. The molecule has 1 rings (SSSR count). The smallest absolute Gasteiger partial charge is 0.183 e. The Morgan fingerprint density at radius 1 is 1.20 bits per heavy atom. The predicted molar refractivity (Wildman–Crippen MR) is 58.3 cm³/mol. The third-order valence-electron chi connectivity index (χ3n) is 1.98. The lowest BCUT2D eigenvalue weighted by molar-refractivity contribution is -0.193. The van der Waals surface area contributed by atoms with E-state index in [1.807, 2.05) is 37.3 Å². The van der Waals surface area contributed by atoms with Gasteiger partial charge in [0.15, 0.2) is 6.29 Å². The van der Waals surface area contributed by atoms with Crippen LogP contribution in [-0.2, 0) is 16.1 Å². The van der Waals surface area contributed by atoms with Crippen molar-refractivity contribution in [1.29, 1.82) is 0 Å². The summed E-state index contributed by atoms with van der Waals surface area (Å²) in [4.78, 5) is 0. The standard InChI is InChI=1S/C12H18O3/c1-3-14-12(10(2)13)15-9-11-7-5-4-6-8-11/h4-8,10,12-13H,3,9H2,1-2H3. The minimum atomic E-state index is -0.617. The highest BCUT2D eigenvalue weighted by Crippen LogP contribution is 2.07. The fourth-order valence-electron chi connectivity index (χ4n) is 1.24. The number of hydrogen-bond donors (Lipinski definition) is 1. The summed E-state index contributed by atoms with van der Waals surface area (Å²) < 4.78 is 10.7. The minimum Gasteiger partial charge on any atom is -0.388 e. The summed E-state index contributed by atoms with van der Waals surface area (Å²) in [6.45, 7) is 4.52. The van der Waals surface area contributed by atoms with Gasteiger partial charge in [0.05, 0.1) is 6.61 Å². The lowest BCUT2D eigenvalue weighted by atomic mass is 10.2. The number of ether oxygens (including phenoxy) is 2. The molecule has 0 spiro atoms. The van der Waals surface area contributed by atoms with Crippen LogP contribution in [0.5, 0.6) is 0 Å². The summed E-state index contributed by atoms with van der Waals surface area (Å²) in [5.41, 5.74) is 1.07. The van der Waals surface area contributed by atoms with Gasteiger partial charge in [0.1, 0.15) is 6.10 Å². The number of rotatable bonds is 6. The fourth-order valence-corrected chi connectivity index (χ4v) is 1.24. The van der Waals surface area contributed by atoms with Gasteiger partial charge in [-0.1, -0.05) is 30.3 Å². The summed E-state index contributed by atoms with van der Waals surface area (Å²) in [5.74, 6) is 0. The first-order valence-corrected chi connectivity index (χ1v) is 5.19. The van der Waals surface area contributed by atoms with Crippen molar-refractivity contribution in [3.63, 3.8) is 0 Å². The molecule has 3 nitrogen and oxygen atoms in total. The third kappa shape index (κ3) is 4.42. The molecule has 0 saturated heterocycles. The summed E-state index contributed by atoms with van der Waals surface area (Å²) >= 11 is 0. The van der Waals surface area contributed by atoms with Crippen molar-refractivity contribution in [2.75, 3.05) is 6.61 Å². The van der Waals surface area contributed by atoms with Crippen molar-refractivity contribution in [3.8, 4) is 0 Å². The van der Waals surface area contributed by atoms with E-state index in [0.717, 1.165) is 5.56 Å². The monoisotopic (exact) mass is 210 g/mol. The van der Waals surface area contributed by atoms with E-state index in [0.29, 0.717) is 13.2 Å². The second kappa shape index (κ2) is 6.56. The molecular weight excluding hydrogens is 192 g/mol. The summed E-state index contributed by atoms with van der Waals surface area (Å²) in [6.07, 6.45) is -1.16. The van der Waals surface area contributed by atoms with E-state index in [4.69, 9.17) is 9.47 Å². The lowest BCUT2D eigenvalue weighted by Gasteiger charge is -2.20. The second-order valence-corrected chi connectivity index (χ2v) is 3.36. The van der Waals surface area contributed by atoms with Gasteiger partial charge < -0.3 is 14.6 Å². The maximum absolute atomic E-state index is 9.37. The molecule has 1 aromatic rings. The van der Waals surface area contributed by atoms with Crippen LogP contribution in [0.4, 0.5) is 0 Å². The van der Waals surface area contributed by atoms with Gasteiger partial charge in [-0.15, -0.1) is 0 Å². The van der Waals surface area contributed by atoms with Crippen LogP contribution in [0.1, 0.15) is 19.4 Å². The molecule has 2 unspecified atom stereocenters. The Balaban J connectivity index is 2.40. The molecule has 3 heteroatoms. The van der Waals surface area contributed by atoms with E-state index < -0.39 is 12.4 Å². The Bertz CT molecular complexity index is 259. The van der Waals surface area contributed by atoms with Gasteiger partial charge in [0.25, 0.3) is 0 Å². The predicted octanol–water partition coefficient (Wildman–Crippen LogP) is 1.95. The Morgan fingerprint density at radius 3 is 2.40 bits per heavy atom. The van der Waals surface area contributed by atoms with Crippen LogP contribution in [0.2, 0.25) is 0 Å². The fraction of sp³-hybridized carbons (Fsp3) is 0.500. The maximum atomic E-state index is 9.37. The molecular formula is C12H18O3. The van der Waals surface area contributed by atoms with Crippen LogP contribution in [0.3, 0.4) is 0 Å². The van der Waals surface area contributed by atoms with Crippen molar-refractivity contribution in [3.05, 3.63) is 35.9 Å². The van der Waals surface area contributed by atoms with Gasteiger partial charge in [-0.2, -0.15) is 0 Å². The SMILES string of the molecule is CCOC(OCc1ccccc1)C(C)O. The van der Waals surface area contributed by atoms with Gasteiger partial charge in [-0.3, -0.25) is 0 Å². The zero-order valence-corrected chi connectivity index (χ0v) is 9.22. The van der Waals surface area contributed by atoms with Gasteiger partial charge in [-0.05, 0) is 19.4 Å². The average molecular weight is 210 g/mol. The van der Waals surface area contributed by atoms with E-state index >= 15 is 0 Å². The Morgan fingerprint density at radius 2 is 1.87 bits per heavy atom. The topological polar surface area (TPSA) is 38.7 Å². The Kier molecular flexibility index (Phi) is 5.32. The van der Waals surface area contributed by atoms with Gasteiger partial charge in [0.2, 0.25) is 0 Å². The van der Waals surface area contributed by atoms with Crippen molar-refractivity contribution in [1.82, 2.24) is 0 Å². The zero-order chi connectivity index (χ0) is 11.1. The van der Waals surface area contributed by atoms with Gasteiger partial charge in [0, 0.05) is 6.61 Å². The van der Waals surface area contributed by atoms with Crippen LogP contribution in [0.25, 0.3) is 0 Å². The number of hydrogen-bond acceptors (Lipinski definition) is 3. The van der Waals surface area contributed by atoms with Crippen LogP contribution >= 0.6 is 0 Å². The summed E-state index contributed by atoms with van der Waals surface area (Å²) in [5, 5.41) is 9.37. The molecule has 2 atom stereocenters. The minimum absolute atomic E-state index is 0.455. The molecule has 15 heavy (non-hydrogen) atoms. The summed E-state index contributed by atoms with van der Waals surface area (Å²) in [7, 11) is 0. The Labute approximate surface area is 90.6 Å². The molecule has 0 aliphatic carbocycles. The van der Waals surface area contributed by atoms with Crippen LogP contribution in [0, 0.1) is 0 Å². The van der Waals surface area contributed by atoms with E-state index in [2.05, 4.69) is 0 Å². The van der Waals surface area contributed by atoms with Crippen LogP contribution in [-0.4, -0.2) is 24.1 Å². The first-order valence-electron chi connectivity index (χ1n) is 5.19. The van der Waals surface area contributed by atoms with Crippen molar-refractivity contribution >= 4 is 0 Å². The van der Waals surface area contributed by atoms with Crippen LogP contribution in [0.15, 0.2) is 30.3 Å². The number of aliphatic hydroxyl groups excluding tert-OH is 1. The molecule has 0 saturated carbocycles. The normalized spacial score (nSPS) is 14.9. The first kappa shape index (κ1) is 12.2. The Hall–Kier alpha value is -0.900. The van der Waals surface area contributed by atoms with Crippen molar-refractivity contribution < 1.29 is 14.6 Å². The molecule has 84 valence electrons. The molecule has 0 fully saturated rings. The molecule has 0 radical (unpaired) electrons. The molecule has 0 bridgehead atoms. The quantitative estimate of drug-likeness (QED) is 0.729. The highest BCUT2D eigenvalue weighted by atomic mass is 16.7. The van der Waals surface area contributed by atoms with Crippen molar-refractivity contribution in [2.24, 2.45) is 0 Å². The molecule has 0 aliphatic heterocycles. The highest BCUT2D eigenvalue weighted by molar-refractivity contribution is 5.13. The number of aliphatic hydroxyl groups is 1. The molecule has 0 heterocycles. The lowest BCUT2D eigenvalue weighted by Crippen LogP contribution is -2.29. The first-order chi connectivity index (χ1) is 7.24. The molecule has 0 aliphatic rings. The summed E-state index contributed by atoms with van der Waals surface area (Å²) in [6, 6.07) is 9.82. The van der Waals surface area contributed by atoms with Gasteiger partial charge >= 0.3 is 0 Å². The molecule has 1 N–H and O–H groups in total.